The second-order valence-electron chi connectivity index (χ2n) is 6.68. The molecule has 0 saturated carbocycles. The molecule has 1 aliphatic heterocycles. The molecule has 0 aliphatic carbocycles. The summed E-state index contributed by atoms with van der Waals surface area (Å²) in [6, 6.07) is 0.493. The van der Waals surface area contributed by atoms with Crippen LogP contribution >= 0.6 is 0 Å². The van der Waals surface area contributed by atoms with Gasteiger partial charge in [-0.2, -0.15) is 0 Å². The van der Waals surface area contributed by atoms with Gasteiger partial charge in [0.25, 0.3) is 0 Å². The predicted octanol–water partition coefficient (Wildman–Crippen LogP) is 1.78. The van der Waals surface area contributed by atoms with E-state index in [4.69, 9.17) is 4.63 Å². The molecule has 0 atom stereocenters. The Labute approximate surface area is 109 Å². The highest BCUT2D eigenvalue weighted by Crippen LogP contribution is 2.28. The molecule has 0 unspecified atom stereocenters. The van der Waals surface area contributed by atoms with Crippen molar-refractivity contribution in [3.8, 4) is 0 Å². The van der Waals surface area contributed by atoms with Gasteiger partial charge in [-0.3, -0.25) is 0 Å². The molecule has 102 valence electrons. The summed E-state index contributed by atoms with van der Waals surface area (Å²) in [6.07, 6.45) is 2.22. The van der Waals surface area contributed by atoms with Gasteiger partial charge in [0.15, 0.2) is 0 Å². The average molecular weight is 252 g/mol. The summed E-state index contributed by atoms with van der Waals surface area (Å²) in [5, 5.41) is 15.0. The highest BCUT2D eigenvalue weighted by molar-refractivity contribution is 5.05. The van der Waals surface area contributed by atoms with Crippen molar-refractivity contribution in [3.05, 3.63) is 11.4 Å². The molecule has 1 aromatic rings. The Bertz CT molecular complexity index is 395. The Morgan fingerprint density at radius 3 is 2.33 bits per heavy atom. The molecule has 0 radical (unpaired) electrons. The van der Waals surface area contributed by atoms with E-state index in [1.807, 2.05) is 6.92 Å². The van der Waals surface area contributed by atoms with Crippen molar-refractivity contribution in [3.63, 3.8) is 0 Å². The zero-order valence-electron chi connectivity index (χ0n) is 12.0. The first-order chi connectivity index (χ1) is 8.27. The topological polar surface area (TPSA) is 63.0 Å². The largest absolute Gasteiger partial charge is 0.308 e. The highest BCUT2D eigenvalue weighted by atomic mass is 16.6. The third-order valence-electron chi connectivity index (χ3n) is 3.49. The van der Waals surface area contributed by atoms with Gasteiger partial charge in [0, 0.05) is 23.7 Å². The maximum atomic E-state index is 4.71. The van der Waals surface area contributed by atoms with Crippen molar-refractivity contribution < 1.29 is 4.63 Å². The molecule has 18 heavy (non-hydrogen) atoms. The van der Waals surface area contributed by atoms with Crippen LogP contribution in [0.15, 0.2) is 4.63 Å². The number of hydrogen-bond donors (Lipinski definition) is 2. The molecular formula is C13H24N4O. The molecule has 0 bridgehead atoms. The van der Waals surface area contributed by atoms with E-state index in [0.29, 0.717) is 6.04 Å². The Morgan fingerprint density at radius 2 is 1.83 bits per heavy atom. The lowest BCUT2D eigenvalue weighted by atomic mass is 9.79. The average Bonchev–Trinajstić information content (AvgIpc) is 2.56. The first-order valence-corrected chi connectivity index (χ1v) is 6.58. The van der Waals surface area contributed by atoms with Crippen molar-refractivity contribution in [1.29, 1.82) is 0 Å². The molecule has 2 rings (SSSR count). The van der Waals surface area contributed by atoms with Crippen LogP contribution < -0.4 is 10.6 Å². The van der Waals surface area contributed by atoms with Gasteiger partial charge in [-0.1, -0.05) is 10.3 Å². The number of aryl methyl sites for hydroxylation is 1. The van der Waals surface area contributed by atoms with E-state index >= 15 is 0 Å². The molecular weight excluding hydrogens is 228 g/mol. The molecule has 0 aromatic carbocycles. The number of piperidine rings is 1. The summed E-state index contributed by atoms with van der Waals surface area (Å²) >= 11 is 0. The lowest BCUT2D eigenvalue weighted by Gasteiger charge is -2.46. The van der Waals surface area contributed by atoms with E-state index in [9.17, 15) is 0 Å². The van der Waals surface area contributed by atoms with Crippen LogP contribution in [0.3, 0.4) is 0 Å². The van der Waals surface area contributed by atoms with Crippen LogP contribution in [0.4, 0.5) is 0 Å². The zero-order valence-corrected chi connectivity index (χ0v) is 12.0. The number of rotatable bonds is 3. The molecule has 1 aromatic heterocycles. The van der Waals surface area contributed by atoms with Gasteiger partial charge < -0.3 is 10.6 Å². The fourth-order valence-corrected chi connectivity index (χ4v) is 3.12. The fourth-order valence-electron chi connectivity index (χ4n) is 3.12. The van der Waals surface area contributed by atoms with E-state index in [2.05, 4.69) is 48.6 Å². The normalized spacial score (nSPS) is 23.2. The van der Waals surface area contributed by atoms with Crippen molar-refractivity contribution in [2.45, 2.75) is 71.1 Å². The summed E-state index contributed by atoms with van der Waals surface area (Å²) in [6.45, 7) is 11.7. The monoisotopic (exact) mass is 252 g/mol. The maximum Gasteiger partial charge on any atom is 0.121 e. The van der Waals surface area contributed by atoms with E-state index in [1.54, 1.807) is 0 Å². The predicted molar refractivity (Wildman–Crippen MR) is 70.2 cm³/mol. The molecule has 0 spiro atoms. The maximum absolute atomic E-state index is 4.71. The van der Waals surface area contributed by atoms with Gasteiger partial charge in [-0.05, 0) is 47.5 Å². The van der Waals surface area contributed by atoms with Gasteiger partial charge in [-0.15, -0.1) is 0 Å². The molecule has 5 nitrogen and oxygen atoms in total. The Balaban J connectivity index is 1.95. The third-order valence-corrected chi connectivity index (χ3v) is 3.49. The quantitative estimate of drug-likeness (QED) is 0.858. The second kappa shape index (κ2) is 4.63. The lowest BCUT2D eigenvalue weighted by molar-refractivity contribution is 0.145. The van der Waals surface area contributed by atoms with Crippen LogP contribution in [0.5, 0.6) is 0 Å². The first-order valence-electron chi connectivity index (χ1n) is 6.58. The van der Waals surface area contributed by atoms with Crippen LogP contribution in [0.25, 0.3) is 0 Å². The minimum Gasteiger partial charge on any atom is -0.308 e. The van der Waals surface area contributed by atoms with Gasteiger partial charge in [-0.25, -0.2) is 4.63 Å². The minimum absolute atomic E-state index is 0.163. The smallest absolute Gasteiger partial charge is 0.121 e. The summed E-state index contributed by atoms with van der Waals surface area (Å²) < 4.78 is 4.71. The van der Waals surface area contributed by atoms with E-state index in [1.165, 1.54) is 0 Å². The summed E-state index contributed by atoms with van der Waals surface area (Å²) in [5.41, 5.74) is 2.10. The standard InChI is InChI=1S/C13H24N4O/c1-9-11(16-18-15-9)8-14-10-6-12(2,3)17-13(4,5)7-10/h10,14,17H,6-8H2,1-5H3. The summed E-state index contributed by atoms with van der Waals surface area (Å²) in [7, 11) is 0. The third kappa shape index (κ3) is 3.29. The van der Waals surface area contributed by atoms with Crippen molar-refractivity contribution in [1.82, 2.24) is 20.9 Å². The van der Waals surface area contributed by atoms with Crippen molar-refractivity contribution in [2.24, 2.45) is 0 Å². The van der Waals surface area contributed by atoms with Gasteiger partial charge in [0.2, 0.25) is 0 Å². The lowest BCUT2D eigenvalue weighted by Crippen LogP contribution is -2.61. The van der Waals surface area contributed by atoms with Gasteiger partial charge >= 0.3 is 0 Å². The van der Waals surface area contributed by atoms with Crippen LogP contribution in [0, 0.1) is 6.92 Å². The molecule has 1 aliphatic rings. The van der Waals surface area contributed by atoms with E-state index in [-0.39, 0.29) is 11.1 Å². The second-order valence-corrected chi connectivity index (χ2v) is 6.68. The van der Waals surface area contributed by atoms with Crippen LogP contribution in [-0.2, 0) is 6.54 Å². The Kier molecular flexibility index (Phi) is 3.47. The molecule has 1 saturated heterocycles. The van der Waals surface area contributed by atoms with E-state index < -0.39 is 0 Å². The van der Waals surface area contributed by atoms with Crippen LogP contribution in [0.2, 0.25) is 0 Å². The zero-order chi connectivity index (χ0) is 13.4. The molecule has 0 amide bonds. The fraction of sp³-hybridized carbons (Fsp3) is 0.846. The van der Waals surface area contributed by atoms with E-state index in [0.717, 1.165) is 30.8 Å². The van der Waals surface area contributed by atoms with Crippen LogP contribution in [0.1, 0.15) is 51.9 Å². The van der Waals surface area contributed by atoms with Gasteiger partial charge in [0.1, 0.15) is 11.4 Å². The van der Waals surface area contributed by atoms with Gasteiger partial charge in [0.05, 0.1) is 0 Å². The summed E-state index contributed by atoms with van der Waals surface area (Å²) in [5.74, 6) is 0. The summed E-state index contributed by atoms with van der Waals surface area (Å²) in [4.78, 5) is 0. The number of hydrogen-bond acceptors (Lipinski definition) is 5. The molecule has 5 heteroatoms. The number of nitrogens with one attached hydrogen (secondary N) is 2. The highest BCUT2D eigenvalue weighted by Gasteiger charge is 2.37. The molecule has 1 fully saturated rings. The Hall–Kier alpha value is -0.940. The SMILES string of the molecule is Cc1nonc1CNC1CC(C)(C)NC(C)(C)C1. The number of nitrogens with zero attached hydrogens (tertiary/aromatic N) is 2. The molecule has 2 heterocycles. The number of aromatic nitrogens is 2. The van der Waals surface area contributed by atoms with Crippen molar-refractivity contribution in [2.75, 3.05) is 0 Å². The first kappa shape index (κ1) is 13.5. The molecule has 2 N–H and O–H groups in total. The van der Waals surface area contributed by atoms with Crippen molar-refractivity contribution >= 4 is 0 Å². The van der Waals surface area contributed by atoms with Crippen LogP contribution in [-0.4, -0.2) is 27.4 Å². The Morgan fingerprint density at radius 1 is 1.22 bits per heavy atom. The minimum atomic E-state index is 0.163.